The van der Waals surface area contributed by atoms with E-state index in [9.17, 15) is 0 Å². The van der Waals surface area contributed by atoms with Gasteiger partial charge in [-0.05, 0) is 118 Å². The molecule has 1 nitrogen and oxygen atoms in total. The topological polar surface area (TPSA) is 12.9 Å². The summed E-state index contributed by atoms with van der Waals surface area (Å²) < 4.78 is 0. The van der Waals surface area contributed by atoms with E-state index in [2.05, 4.69) is 200 Å². The van der Waals surface area contributed by atoms with Crippen molar-refractivity contribution in [2.75, 3.05) is 0 Å². The zero-order valence-electron chi connectivity index (χ0n) is 30.2. The lowest BCUT2D eigenvalue weighted by atomic mass is 9.91. The highest BCUT2D eigenvalue weighted by molar-refractivity contribution is 6.25. The van der Waals surface area contributed by atoms with E-state index in [-0.39, 0.29) is 0 Å². The van der Waals surface area contributed by atoms with E-state index in [0.29, 0.717) is 0 Å². The third kappa shape index (κ3) is 5.36. The van der Waals surface area contributed by atoms with Crippen LogP contribution in [0.25, 0.3) is 99.3 Å². The summed E-state index contributed by atoms with van der Waals surface area (Å²) in [5.74, 6) is 0. The molecule has 0 amide bonds. The van der Waals surface area contributed by atoms with E-state index in [0.717, 1.165) is 28.9 Å². The molecule has 0 radical (unpaired) electrons. The molecule has 256 valence electrons. The molecule has 1 aliphatic carbocycles. The second kappa shape index (κ2) is 12.8. The summed E-state index contributed by atoms with van der Waals surface area (Å²) in [7, 11) is 0. The summed E-state index contributed by atoms with van der Waals surface area (Å²) in [5, 5.41) is 7.76. The minimum absolute atomic E-state index is 0.880. The fourth-order valence-electron chi connectivity index (χ4n) is 8.78. The Morgan fingerprint density at radius 3 is 1.42 bits per heavy atom. The van der Waals surface area contributed by atoms with Gasteiger partial charge in [0, 0.05) is 17.5 Å². The minimum Gasteiger partial charge on any atom is -0.247 e. The molecule has 0 saturated heterocycles. The molecular formula is C54H35N. The van der Waals surface area contributed by atoms with Gasteiger partial charge >= 0.3 is 0 Å². The summed E-state index contributed by atoms with van der Waals surface area (Å²) in [6.45, 7) is 0. The number of fused-ring (bicyclic) bond motifs is 9. The maximum absolute atomic E-state index is 5.42. The van der Waals surface area contributed by atoms with Gasteiger partial charge in [-0.3, -0.25) is 0 Å². The molecule has 0 bridgehead atoms. The highest BCUT2D eigenvalue weighted by Crippen LogP contribution is 2.45. The SMILES string of the molecule is c1ccc(-c2ccc3c(c2)-c2cc(-c4cccc(-c5cccc(-c6ccc7c8ccccc8c8ccccc8c7c6)c5)c4)nc(-c4ccccc4)c2C3)cc1. The monoisotopic (exact) mass is 697 g/mol. The van der Waals surface area contributed by atoms with Crippen molar-refractivity contribution < 1.29 is 0 Å². The Kier molecular flexibility index (Phi) is 7.31. The van der Waals surface area contributed by atoms with Crippen LogP contribution in [-0.4, -0.2) is 4.98 Å². The van der Waals surface area contributed by atoms with Crippen molar-refractivity contribution in [2.24, 2.45) is 0 Å². The molecule has 1 heterocycles. The molecule has 11 rings (SSSR count). The van der Waals surface area contributed by atoms with Gasteiger partial charge in [-0.2, -0.15) is 0 Å². The molecule has 0 spiro atoms. The van der Waals surface area contributed by atoms with E-state index < -0.39 is 0 Å². The summed E-state index contributed by atoms with van der Waals surface area (Å²) in [4.78, 5) is 5.42. The Hall–Kier alpha value is -7.09. The van der Waals surface area contributed by atoms with Gasteiger partial charge in [-0.15, -0.1) is 0 Å². The molecule has 9 aromatic carbocycles. The fraction of sp³-hybridized carbons (Fsp3) is 0.0185. The zero-order chi connectivity index (χ0) is 36.3. The van der Waals surface area contributed by atoms with Crippen LogP contribution in [0.1, 0.15) is 11.1 Å². The molecule has 1 aliphatic rings. The maximum Gasteiger partial charge on any atom is 0.0751 e. The molecule has 0 N–H and O–H groups in total. The second-order valence-electron chi connectivity index (χ2n) is 14.7. The first-order valence-electron chi connectivity index (χ1n) is 19.1. The van der Waals surface area contributed by atoms with Gasteiger partial charge < -0.3 is 0 Å². The van der Waals surface area contributed by atoms with Gasteiger partial charge in [0.2, 0.25) is 0 Å². The lowest BCUT2D eigenvalue weighted by Crippen LogP contribution is -1.95. The molecule has 0 aliphatic heterocycles. The lowest BCUT2D eigenvalue weighted by molar-refractivity contribution is 1.21. The molecule has 10 aromatic rings. The van der Waals surface area contributed by atoms with Crippen LogP contribution < -0.4 is 0 Å². The van der Waals surface area contributed by atoms with Crippen molar-refractivity contribution in [2.45, 2.75) is 6.42 Å². The Morgan fingerprint density at radius 1 is 0.291 bits per heavy atom. The number of nitrogens with zero attached hydrogens (tertiary/aromatic N) is 1. The number of pyridine rings is 1. The fourth-order valence-corrected chi connectivity index (χ4v) is 8.78. The summed E-state index contributed by atoms with van der Waals surface area (Å²) >= 11 is 0. The van der Waals surface area contributed by atoms with Crippen LogP contribution in [0.15, 0.2) is 200 Å². The smallest absolute Gasteiger partial charge is 0.0751 e. The molecule has 0 unspecified atom stereocenters. The first-order valence-corrected chi connectivity index (χ1v) is 19.1. The molecular weight excluding hydrogens is 663 g/mol. The van der Waals surface area contributed by atoms with Crippen molar-refractivity contribution >= 4 is 32.3 Å². The van der Waals surface area contributed by atoms with Gasteiger partial charge in [0.1, 0.15) is 0 Å². The van der Waals surface area contributed by atoms with Gasteiger partial charge in [-0.25, -0.2) is 4.98 Å². The summed E-state index contributed by atoms with van der Waals surface area (Å²) in [6.07, 6.45) is 0.880. The van der Waals surface area contributed by atoms with Gasteiger partial charge in [0.15, 0.2) is 0 Å². The third-order valence-electron chi connectivity index (χ3n) is 11.5. The number of benzene rings is 9. The van der Waals surface area contributed by atoms with E-state index >= 15 is 0 Å². The van der Waals surface area contributed by atoms with Gasteiger partial charge in [-0.1, -0.05) is 170 Å². The van der Waals surface area contributed by atoms with Crippen LogP contribution in [0.3, 0.4) is 0 Å². The average Bonchev–Trinajstić information content (AvgIpc) is 3.65. The van der Waals surface area contributed by atoms with Crippen molar-refractivity contribution in [1.82, 2.24) is 4.98 Å². The predicted molar refractivity (Wildman–Crippen MR) is 232 cm³/mol. The Morgan fingerprint density at radius 2 is 0.764 bits per heavy atom. The highest BCUT2D eigenvalue weighted by Gasteiger charge is 2.25. The van der Waals surface area contributed by atoms with E-state index in [1.54, 1.807) is 0 Å². The van der Waals surface area contributed by atoms with Crippen LogP contribution in [0, 0.1) is 0 Å². The summed E-state index contributed by atoms with van der Waals surface area (Å²) in [6, 6.07) is 73.0. The molecule has 1 heteroatoms. The van der Waals surface area contributed by atoms with Crippen molar-refractivity contribution in [3.63, 3.8) is 0 Å². The van der Waals surface area contributed by atoms with Crippen LogP contribution in [0.5, 0.6) is 0 Å². The molecule has 0 saturated carbocycles. The van der Waals surface area contributed by atoms with Gasteiger partial charge in [0.25, 0.3) is 0 Å². The first kappa shape index (κ1) is 31.4. The predicted octanol–water partition coefficient (Wildman–Crippen LogP) is 14.4. The lowest BCUT2D eigenvalue weighted by Gasteiger charge is -2.14. The largest absolute Gasteiger partial charge is 0.247 e. The molecule has 55 heavy (non-hydrogen) atoms. The number of rotatable bonds is 5. The number of hydrogen-bond donors (Lipinski definition) is 0. The Bertz CT molecular complexity index is 3070. The first-order chi connectivity index (χ1) is 27.2. The molecule has 0 fully saturated rings. The second-order valence-corrected chi connectivity index (χ2v) is 14.7. The normalized spacial score (nSPS) is 11.9. The molecule has 1 aromatic heterocycles. The zero-order valence-corrected chi connectivity index (χ0v) is 30.2. The van der Waals surface area contributed by atoms with Crippen molar-refractivity contribution in [3.05, 3.63) is 211 Å². The number of hydrogen-bond acceptors (Lipinski definition) is 1. The van der Waals surface area contributed by atoms with E-state index in [4.69, 9.17) is 4.98 Å². The molecule has 0 atom stereocenters. The van der Waals surface area contributed by atoms with Crippen LogP contribution >= 0.6 is 0 Å². The van der Waals surface area contributed by atoms with Crippen LogP contribution in [0.4, 0.5) is 0 Å². The van der Waals surface area contributed by atoms with E-state index in [1.165, 1.54) is 88.0 Å². The Labute approximate surface area is 320 Å². The van der Waals surface area contributed by atoms with Crippen molar-refractivity contribution in [1.29, 1.82) is 0 Å². The van der Waals surface area contributed by atoms with Gasteiger partial charge in [0.05, 0.1) is 11.4 Å². The highest BCUT2D eigenvalue weighted by atomic mass is 14.7. The third-order valence-corrected chi connectivity index (χ3v) is 11.5. The quantitative estimate of drug-likeness (QED) is 0.163. The maximum atomic E-state index is 5.42. The standard InChI is InChI=1S/C54H35N/c1-3-13-35(14-4-1)40-25-26-42-33-52-51(49(42)31-40)34-53(55-54(52)36-15-5-2-6-16-36)43-20-12-19-39(30-43)37-17-11-18-38(29-37)41-27-28-48-46-23-8-7-21-44(46)45-22-9-10-24-47(45)50(48)32-41/h1-32,34H,33H2. The minimum atomic E-state index is 0.880. The average molecular weight is 698 g/mol. The van der Waals surface area contributed by atoms with Crippen LogP contribution in [0.2, 0.25) is 0 Å². The van der Waals surface area contributed by atoms with Crippen LogP contribution in [-0.2, 0) is 6.42 Å². The van der Waals surface area contributed by atoms with E-state index in [1.807, 2.05) is 0 Å². The number of aromatic nitrogens is 1. The van der Waals surface area contributed by atoms with Crippen molar-refractivity contribution in [3.8, 4) is 67.0 Å². The summed E-state index contributed by atoms with van der Waals surface area (Å²) in [5.41, 5.74) is 16.8. The Balaban J connectivity index is 1.01.